The first-order valence-electron chi connectivity index (χ1n) is 7.26. The van der Waals surface area contributed by atoms with E-state index in [0.717, 1.165) is 10.2 Å². The lowest BCUT2D eigenvalue weighted by Gasteiger charge is -2.13. The number of aromatic nitrogens is 2. The summed E-state index contributed by atoms with van der Waals surface area (Å²) < 4.78 is 12.9. The molecule has 0 atom stereocenters. The van der Waals surface area contributed by atoms with Crippen LogP contribution in [0.5, 0.6) is 11.5 Å². The molecule has 0 saturated carbocycles. The number of halogens is 1. The number of nitrogens with zero attached hydrogens (tertiary/aromatic N) is 3. The first-order valence-corrected chi connectivity index (χ1v) is 8.05. The summed E-state index contributed by atoms with van der Waals surface area (Å²) in [7, 11) is 2.92. The van der Waals surface area contributed by atoms with Crippen molar-refractivity contribution >= 4 is 21.6 Å². The predicted molar refractivity (Wildman–Crippen MR) is 96.5 cm³/mol. The summed E-state index contributed by atoms with van der Waals surface area (Å²) in [4.78, 5) is 11.1. The Labute approximate surface area is 152 Å². The molecular weight excluding hydrogens is 390 g/mol. The van der Waals surface area contributed by atoms with E-state index < -0.39 is 4.92 Å². The van der Waals surface area contributed by atoms with Crippen molar-refractivity contribution in [2.45, 2.75) is 0 Å². The van der Waals surface area contributed by atoms with E-state index in [1.54, 1.807) is 23.0 Å². The molecule has 2 aromatic carbocycles. The van der Waals surface area contributed by atoms with Gasteiger partial charge >= 0.3 is 0 Å². The summed E-state index contributed by atoms with van der Waals surface area (Å²) >= 11 is 3.48. The molecular formula is C17H14BrN3O4. The molecule has 0 fully saturated rings. The van der Waals surface area contributed by atoms with Crippen molar-refractivity contribution in [1.29, 1.82) is 0 Å². The van der Waals surface area contributed by atoms with Crippen LogP contribution in [0.25, 0.3) is 16.9 Å². The highest BCUT2D eigenvalue weighted by Crippen LogP contribution is 2.40. The van der Waals surface area contributed by atoms with Gasteiger partial charge in [-0.15, -0.1) is 0 Å². The summed E-state index contributed by atoms with van der Waals surface area (Å²) in [5, 5.41) is 15.9. The number of benzene rings is 2. The van der Waals surface area contributed by atoms with Crippen LogP contribution >= 0.6 is 15.9 Å². The van der Waals surface area contributed by atoms with Gasteiger partial charge in [0.2, 0.25) is 0 Å². The van der Waals surface area contributed by atoms with Gasteiger partial charge < -0.3 is 9.47 Å². The van der Waals surface area contributed by atoms with Gasteiger partial charge in [-0.05, 0) is 34.1 Å². The molecule has 25 heavy (non-hydrogen) atoms. The Hall–Kier alpha value is -2.87. The third-order valence-corrected chi connectivity index (χ3v) is 4.37. The molecule has 0 N–H and O–H groups in total. The summed E-state index contributed by atoms with van der Waals surface area (Å²) in [5.74, 6) is 0.702. The van der Waals surface area contributed by atoms with Crippen LogP contribution in [0.3, 0.4) is 0 Å². The first-order chi connectivity index (χ1) is 12.1. The number of nitro benzene ring substituents is 1. The third-order valence-electron chi connectivity index (χ3n) is 3.70. The molecule has 3 aromatic rings. The highest BCUT2D eigenvalue weighted by molar-refractivity contribution is 9.10. The van der Waals surface area contributed by atoms with Gasteiger partial charge in [0.25, 0.3) is 5.69 Å². The Bertz CT molecular complexity index is 939. The summed E-state index contributed by atoms with van der Waals surface area (Å²) in [6.07, 6.45) is 1.59. The maximum Gasteiger partial charge on any atom is 0.282 e. The fourth-order valence-electron chi connectivity index (χ4n) is 2.55. The molecule has 8 heteroatoms. The standard InChI is InChI=1S/C17H14BrN3O4/c1-24-16-9-11(15(21(22)23)10-17(16)25-2)13-7-8-19-20(13)14-6-4-3-5-12(14)18/h3-10H,1-2H3. The molecule has 0 amide bonds. The molecule has 128 valence electrons. The summed E-state index contributed by atoms with van der Waals surface area (Å²) in [6, 6.07) is 12.2. The minimum absolute atomic E-state index is 0.0912. The van der Waals surface area contributed by atoms with Crippen molar-refractivity contribution < 1.29 is 14.4 Å². The largest absolute Gasteiger partial charge is 0.493 e. The van der Waals surface area contributed by atoms with Gasteiger partial charge in [-0.1, -0.05) is 12.1 Å². The zero-order valence-corrected chi connectivity index (χ0v) is 15.1. The number of hydrogen-bond acceptors (Lipinski definition) is 5. The number of hydrogen-bond donors (Lipinski definition) is 0. The lowest BCUT2D eigenvalue weighted by molar-refractivity contribution is -0.384. The molecule has 0 spiro atoms. The van der Waals surface area contributed by atoms with E-state index in [1.807, 2.05) is 24.3 Å². The number of ether oxygens (including phenoxy) is 2. The molecule has 0 aliphatic heterocycles. The molecule has 0 saturated heterocycles. The molecule has 1 aromatic heterocycles. The van der Waals surface area contributed by atoms with Crippen LogP contribution < -0.4 is 9.47 Å². The smallest absolute Gasteiger partial charge is 0.282 e. The van der Waals surface area contributed by atoms with Crippen molar-refractivity contribution in [2.24, 2.45) is 0 Å². The summed E-state index contributed by atoms with van der Waals surface area (Å²) in [5.41, 5.74) is 1.63. The minimum atomic E-state index is -0.450. The minimum Gasteiger partial charge on any atom is -0.493 e. The zero-order chi connectivity index (χ0) is 18.0. The second kappa shape index (κ2) is 6.94. The van der Waals surface area contributed by atoms with Gasteiger partial charge in [-0.2, -0.15) is 5.10 Å². The van der Waals surface area contributed by atoms with E-state index in [2.05, 4.69) is 21.0 Å². The average Bonchev–Trinajstić information content (AvgIpc) is 3.10. The third kappa shape index (κ3) is 3.08. The molecule has 0 aliphatic rings. The van der Waals surface area contributed by atoms with Crippen LogP contribution in [0.15, 0.2) is 53.1 Å². The van der Waals surface area contributed by atoms with Crippen molar-refractivity contribution in [3.8, 4) is 28.4 Å². The number of methoxy groups -OCH3 is 2. The lowest BCUT2D eigenvalue weighted by atomic mass is 10.1. The molecule has 0 bridgehead atoms. The molecule has 0 radical (unpaired) electrons. The molecule has 0 unspecified atom stereocenters. The molecule has 0 aliphatic carbocycles. The van der Waals surface area contributed by atoms with E-state index in [-0.39, 0.29) is 5.69 Å². The Morgan fingerprint density at radius 3 is 2.44 bits per heavy atom. The monoisotopic (exact) mass is 403 g/mol. The number of para-hydroxylation sites is 1. The van der Waals surface area contributed by atoms with Crippen molar-refractivity contribution in [3.05, 3.63) is 63.2 Å². The van der Waals surface area contributed by atoms with E-state index >= 15 is 0 Å². The zero-order valence-electron chi connectivity index (χ0n) is 13.5. The SMILES string of the molecule is COc1cc(-c2ccnn2-c2ccccc2Br)c([N+](=O)[O-])cc1OC. The molecule has 7 nitrogen and oxygen atoms in total. The van der Waals surface area contributed by atoms with Crippen molar-refractivity contribution in [2.75, 3.05) is 14.2 Å². The Morgan fingerprint density at radius 1 is 1.12 bits per heavy atom. The highest BCUT2D eigenvalue weighted by Gasteiger charge is 2.23. The van der Waals surface area contributed by atoms with Gasteiger partial charge in [0.15, 0.2) is 11.5 Å². The van der Waals surface area contributed by atoms with Crippen LogP contribution in [0.4, 0.5) is 5.69 Å². The molecule has 1 heterocycles. The van der Waals surface area contributed by atoms with Crippen LogP contribution in [0, 0.1) is 10.1 Å². The quantitative estimate of drug-likeness (QED) is 0.470. The van der Waals surface area contributed by atoms with Crippen LogP contribution in [0.1, 0.15) is 0 Å². The Morgan fingerprint density at radius 2 is 1.80 bits per heavy atom. The maximum atomic E-state index is 11.6. The van der Waals surface area contributed by atoms with Crippen molar-refractivity contribution in [1.82, 2.24) is 9.78 Å². The highest BCUT2D eigenvalue weighted by atomic mass is 79.9. The van der Waals surface area contributed by atoms with E-state index in [0.29, 0.717) is 22.8 Å². The Kier molecular flexibility index (Phi) is 4.71. The number of nitro groups is 1. The van der Waals surface area contributed by atoms with Gasteiger partial charge in [-0.25, -0.2) is 4.68 Å². The first kappa shape index (κ1) is 17.0. The van der Waals surface area contributed by atoms with Crippen LogP contribution in [0.2, 0.25) is 0 Å². The summed E-state index contributed by atoms with van der Waals surface area (Å²) in [6.45, 7) is 0. The second-order valence-corrected chi connectivity index (χ2v) is 5.92. The normalized spacial score (nSPS) is 10.5. The Balaban J connectivity index is 2.26. The van der Waals surface area contributed by atoms with Gasteiger partial charge in [0.05, 0.1) is 48.4 Å². The van der Waals surface area contributed by atoms with Gasteiger partial charge in [0, 0.05) is 10.5 Å². The van der Waals surface area contributed by atoms with Gasteiger partial charge in [0.1, 0.15) is 0 Å². The average molecular weight is 404 g/mol. The lowest BCUT2D eigenvalue weighted by Crippen LogP contribution is -2.03. The van der Waals surface area contributed by atoms with Gasteiger partial charge in [-0.3, -0.25) is 10.1 Å². The number of rotatable bonds is 5. The molecule has 3 rings (SSSR count). The predicted octanol–water partition coefficient (Wildman–Crippen LogP) is 4.23. The van der Waals surface area contributed by atoms with Crippen LogP contribution in [-0.4, -0.2) is 28.9 Å². The van der Waals surface area contributed by atoms with Crippen molar-refractivity contribution in [3.63, 3.8) is 0 Å². The van der Waals surface area contributed by atoms with E-state index in [9.17, 15) is 10.1 Å². The maximum absolute atomic E-state index is 11.6. The van der Waals surface area contributed by atoms with E-state index in [4.69, 9.17) is 9.47 Å². The fourth-order valence-corrected chi connectivity index (χ4v) is 3.00. The fraction of sp³-hybridized carbons (Fsp3) is 0.118. The topological polar surface area (TPSA) is 79.4 Å². The second-order valence-electron chi connectivity index (χ2n) is 5.06. The van der Waals surface area contributed by atoms with Crippen LogP contribution in [-0.2, 0) is 0 Å². The van der Waals surface area contributed by atoms with E-state index in [1.165, 1.54) is 20.3 Å².